The largest absolute Gasteiger partial charge is 0.293 e. The molecular weight excluding hydrogens is 234 g/mol. The van der Waals surface area contributed by atoms with Crippen LogP contribution in [0.1, 0.15) is 16.8 Å². The van der Waals surface area contributed by atoms with Crippen LogP contribution in [0.15, 0.2) is 53.1 Å². The Hall–Kier alpha value is -1.85. The average molecular weight is 244 g/mol. The Morgan fingerprint density at radius 1 is 1.29 bits per heavy atom. The second kappa shape index (κ2) is 4.99. The van der Waals surface area contributed by atoms with Gasteiger partial charge in [-0.25, -0.2) is 0 Å². The standard InChI is InChI=1S/C14H10ClNO/c15-12-7-6-11(9-16)13(8-12)14(17)10-4-2-1-3-5-10/h1-7,13H,8H2. The highest BCUT2D eigenvalue weighted by molar-refractivity contribution is 6.30. The van der Waals surface area contributed by atoms with E-state index in [4.69, 9.17) is 16.9 Å². The lowest BCUT2D eigenvalue weighted by molar-refractivity contribution is 0.0941. The number of allylic oxidation sites excluding steroid dienone is 4. The zero-order valence-electron chi connectivity index (χ0n) is 9.06. The number of carbonyl (C=O) groups is 1. The highest BCUT2D eigenvalue weighted by atomic mass is 35.5. The van der Waals surface area contributed by atoms with Gasteiger partial charge in [0.15, 0.2) is 5.78 Å². The van der Waals surface area contributed by atoms with Crippen molar-refractivity contribution >= 4 is 17.4 Å². The molecule has 17 heavy (non-hydrogen) atoms. The quantitative estimate of drug-likeness (QED) is 0.747. The number of carbonyl (C=O) groups excluding carboxylic acids is 1. The van der Waals surface area contributed by atoms with Gasteiger partial charge in [-0.15, -0.1) is 0 Å². The van der Waals surface area contributed by atoms with Gasteiger partial charge in [0.05, 0.1) is 12.0 Å². The molecule has 1 aromatic carbocycles. The van der Waals surface area contributed by atoms with E-state index in [-0.39, 0.29) is 5.78 Å². The molecule has 0 saturated carbocycles. The van der Waals surface area contributed by atoms with Gasteiger partial charge in [0.1, 0.15) is 0 Å². The van der Waals surface area contributed by atoms with Crippen LogP contribution in [-0.2, 0) is 0 Å². The minimum atomic E-state index is -0.445. The number of nitriles is 1. The topological polar surface area (TPSA) is 40.9 Å². The predicted octanol–water partition coefficient (Wildman–Crippen LogP) is 3.46. The summed E-state index contributed by atoms with van der Waals surface area (Å²) < 4.78 is 0. The number of hydrogen-bond acceptors (Lipinski definition) is 2. The number of halogens is 1. The summed E-state index contributed by atoms with van der Waals surface area (Å²) in [7, 11) is 0. The maximum Gasteiger partial charge on any atom is 0.171 e. The summed E-state index contributed by atoms with van der Waals surface area (Å²) in [5, 5.41) is 9.61. The Morgan fingerprint density at radius 3 is 2.65 bits per heavy atom. The summed E-state index contributed by atoms with van der Waals surface area (Å²) in [5.74, 6) is -0.496. The fraction of sp³-hybridized carbons (Fsp3) is 0.143. The van der Waals surface area contributed by atoms with E-state index in [1.807, 2.05) is 18.2 Å². The maximum absolute atomic E-state index is 12.2. The maximum atomic E-state index is 12.2. The molecule has 2 nitrogen and oxygen atoms in total. The molecule has 3 heteroatoms. The van der Waals surface area contributed by atoms with Crippen molar-refractivity contribution in [2.45, 2.75) is 6.42 Å². The molecule has 0 saturated heterocycles. The first kappa shape index (κ1) is 11.6. The van der Waals surface area contributed by atoms with Crippen molar-refractivity contribution in [2.24, 2.45) is 5.92 Å². The third-order valence-corrected chi connectivity index (χ3v) is 3.00. The number of Topliss-reactive ketones (excluding diaryl/α,β-unsaturated/α-hetero) is 1. The Morgan fingerprint density at radius 2 is 2.00 bits per heavy atom. The van der Waals surface area contributed by atoms with Crippen molar-refractivity contribution in [2.75, 3.05) is 0 Å². The average Bonchev–Trinajstić information content (AvgIpc) is 2.39. The molecule has 0 radical (unpaired) electrons. The molecular formula is C14H10ClNO. The van der Waals surface area contributed by atoms with E-state index in [2.05, 4.69) is 6.07 Å². The summed E-state index contributed by atoms with van der Waals surface area (Å²) in [5.41, 5.74) is 1.09. The van der Waals surface area contributed by atoms with Crippen LogP contribution in [0.5, 0.6) is 0 Å². The molecule has 1 aliphatic rings. The van der Waals surface area contributed by atoms with Gasteiger partial charge in [0.25, 0.3) is 0 Å². The molecule has 0 heterocycles. The van der Waals surface area contributed by atoms with Gasteiger partial charge in [0, 0.05) is 16.2 Å². The van der Waals surface area contributed by atoms with Crippen LogP contribution >= 0.6 is 11.6 Å². The van der Waals surface area contributed by atoms with Gasteiger partial charge in [-0.05, 0) is 18.6 Å². The molecule has 2 rings (SSSR count). The van der Waals surface area contributed by atoms with E-state index in [1.165, 1.54) is 0 Å². The summed E-state index contributed by atoms with van der Waals surface area (Å²) in [6, 6.07) is 11.0. The fourth-order valence-electron chi connectivity index (χ4n) is 1.82. The highest BCUT2D eigenvalue weighted by Crippen LogP contribution is 2.29. The van der Waals surface area contributed by atoms with Crippen molar-refractivity contribution in [1.29, 1.82) is 5.26 Å². The van der Waals surface area contributed by atoms with Crippen LogP contribution in [0, 0.1) is 17.2 Å². The van der Waals surface area contributed by atoms with E-state index in [9.17, 15) is 4.79 Å². The minimum absolute atomic E-state index is 0.0512. The second-order valence-corrected chi connectivity index (χ2v) is 4.32. The van der Waals surface area contributed by atoms with Crippen LogP contribution < -0.4 is 0 Å². The Balaban J connectivity index is 2.30. The van der Waals surface area contributed by atoms with Crippen LogP contribution in [0.2, 0.25) is 0 Å². The molecule has 1 atom stereocenters. The third kappa shape index (κ3) is 2.46. The molecule has 0 N–H and O–H groups in total. The summed E-state index contributed by atoms with van der Waals surface area (Å²) in [6.45, 7) is 0. The van der Waals surface area contributed by atoms with Gasteiger partial charge < -0.3 is 0 Å². The van der Waals surface area contributed by atoms with Crippen LogP contribution in [0.3, 0.4) is 0 Å². The molecule has 1 aromatic rings. The first-order valence-electron chi connectivity index (χ1n) is 5.28. The Labute approximate surface area is 105 Å². The normalized spacial score (nSPS) is 18.9. The lowest BCUT2D eigenvalue weighted by Crippen LogP contribution is -2.18. The fourth-order valence-corrected chi connectivity index (χ4v) is 2.04. The minimum Gasteiger partial charge on any atom is -0.293 e. The first-order valence-corrected chi connectivity index (χ1v) is 5.66. The van der Waals surface area contributed by atoms with E-state index >= 15 is 0 Å². The monoisotopic (exact) mass is 243 g/mol. The smallest absolute Gasteiger partial charge is 0.171 e. The lowest BCUT2D eigenvalue weighted by Gasteiger charge is -2.17. The van der Waals surface area contributed by atoms with Gasteiger partial charge in [-0.2, -0.15) is 5.26 Å². The Bertz CT molecular complexity index is 537. The van der Waals surface area contributed by atoms with Crippen LogP contribution in [-0.4, -0.2) is 5.78 Å². The van der Waals surface area contributed by atoms with Crippen molar-refractivity contribution in [3.63, 3.8) is 0 Å². The molecule has 0 bridgehead atoms. The van der Waals surface area contributed by atoms with Gasteiger partial charge >= 0.3 is 0 Å². The van der Waals surface area contributed by atoms with E-state index in [0.717, 1.165) is 0 Å². The Kier molecular flexibility index (Phi) is 3.41. The number of ketones is 1. The molecule has 1 aliphatic carbocycles. The van der Waals surface area contributed by atoms with E-state index in [1.54, 1.807) is 24.3 Å². The predicted molar refractivity (Wildman–Crippen MR) is 66.5 cm³/mol. The zero-order chi connectivity index (χ0) is 12.3. The van der Waals surface area contributed by atoms with E-state index in [0.29, 0.717) is 22.6 Å². The zero-order valence-corrected chi connectivity index (χ0v) is 9.82. The van der Waals surface area contributed by atoms with Crippen LogP contribution in [0.4, 0.5) is 0 Å². The molecule has 0 amide bonds. The first-order chi connectivity index (χ1) is 8.22. The highest BCUT2D eigenvalue weighted by Gasteiger charge is 2.26. The number of nitrogens with zero attached hydrogens (tertiary/aromatic N) is 1. The molecule has 0 fully saturated rings. The molecule has 0 aromatic heterocycles. The third-order valence-electron chi connectivity index (χ3n) is 2.72. The van der Waals surface area contributed by atoms with Crippen molar-refractivity contribution < 1.29 is 4.79 Å². The number of rotatable bonds is 2. The van der Waals surface area contributed by atoms with Crippen molar-refractivity contribution in [3.05, 3.63) is 58.7 Å². The summed E-state index contributed by atoms with van der Waals surface area (Å²) >= 11 is 5.92. The second-order valence-electron chi connectivity index (χ2n) is 3.83. The van der Waals surface area contributed by atoms with Crippen molar-refractivity contribution in [3.8, 4) is 6.07 Å². The lowest BCUT2D eigenvalue weighted by atomic mass is 9.85. The van der Waals surface area contributed by atoms with Gasteiger partial charge in [-0.3, -0.25) is 4.79 Å². The molecule has 0 spiro atoms. The molecule has 84 valence electrons. The SMILES string of the molecule is N#CC1=CC=C(Cl)CC1C(=O)c1ccccc1. The van der Waals surface area contributed by atoms with Crippen LogP contribution in [0.25, 0.3) is 0 Å². The summed E-state index contributed by atoms with van der Waals surface area (Å²) in [6.07, 6.45) is 3.71. The number of benzene rings is 1. The molecule has 1 unspecified atom stereocenters. The summed E-state index contributed by atoms with van der Waals surface area (Å²) in [4.78, 5) is 12.2. The number of hydrogen-bond donors (Lipinski definition) is 0. The van der Waals surface area contributed by atoms with Gasteiger partial charge in [0.2, 0.25) is 0 Å². The van der Waals surface area contributed by atoms with E-state index < -0.39 is 5.92 Å². The van der Waals surface area contributed by atoms with Gasteiger partial charge in [-0.1, -0.05) is 41.9 Å². The molecule has 0 aliphatic heterocycles. The van der Waals surface area contributed by atoms with Crippen molar-refractivity contribution in [1.82, 2.24) is 0 Å².